The van der Waals surface area contributed by atoms with Crippen LogP contribution < -0.4 is 0 Å². The van der Waals surface area contributed by atoms with Crippen LogP contribution in [0.5, 0.6) is 0 Å². The molecule has 1 saturated heterocycles. The summed E-state index contributed by atoms with van der Waals surface area (Å²) in [7, 11) is 0. The molecule has 2 atom stereocenters. The zero-order valence-corrected chi connectivity index (χ0v) is 5.20. The van der Waals surface area contributed by atoms with Crippen LogP contribution in [0.1, 0.15) is 23.3 Å². The third-order valence-electron chi connectivity index (χ3n) is 2.16. The van der Waals surface area contributed by atoms with E-state index in [0.717, 1.165) is 9.79 Å². The van der Waals surface area contributed by atoms with Gasteiger partial charge < -0.3 is 9.15 Å². The van der Waals surface area contributed by atoms with Crippen molar-refractivity contribution >= 4 is 21.1 Å². The van der Waals surface area contributed by atoms with Crippen molar-refractivity contribution in [2.24, 2.45) is 0 Å². The van der Waals surface area contributed by atoms with Gasteiger partial charge in [-0.05, 0) is 0 Å². The van der Waals surface area contributed by atoms with Crippen LogP contribution in [0.4, 0.5) is 0 Å². The summed E-state index contributed by atoms with van der Waals surface area (Å²) in [6.07, 6.45) is 0.894. The summed E-state index contributed by atoms with van der Waals surface area (Å²) in [5.74, 6) is 0. The number of ether oxygens (including phenoxy) is 1. The molecule has 3 aromatic rings. The van der Waals surface area contributed by atoms with Crippen molar-refractivity contribution in [2.75, 3.05) is 0 Å². The van der Waals surface area contributed by atoms with E-state index in [1.165, 1.54) is 11.1 Å². The van der Waals surface area contributed by atoms with Crippen molar-refractivity contribution in [2.45, 2.75) is 12.2 Å². The van der Waals surface area contributed by atoms with Crippen molar-refractivity contribution in [3.63, 3.8) is 0 Å². The van der Waals surface area contributed by atoms with Gasteiger partial charge in [0.15, 0.2) is 9.79 Å². The number of hydrogen-bond donors (Lipinski definition) is 0. The molecule has 3 heteroatoms. The summed E-state index contributed by atoms with van der Waals surface area (Å²) in [4.78, 5) is 2.22. The van der Waals surface area contributed by atoms with Crippen LogP contribution in [0.25, 0.3) is 9.79 Å². The molecule has 0 spiro atoms. The third kappa shape index (κ3) is 0.199. The van der Waals surface area contributed by atoms with Crippen LogP contribution >= 0.6 is 11.3 Å². The van der Waals surface area contributed by atoms with Crippen LogP contribution in [-0.4, -0.2) is 0 Å². The Balaban J connectivity index is 2.38. The highest BCUT2D eigenvalue weighted by atomic mass is 32.1. The lowest BCUT2D eigenvalue weighted by molar-refractivity contribution is 0.397. The molecule has 0 saturated carbocycles. The third-order valence-corrected chi connectivity index (χ3v) is 3.14. The molecule has 1 aliphatic carbocycles. The van der Waals surface area contributed by atoms with Gasteiger partial charge in [-0.3, -0.25) is 0 Å². The second kappa shape index (κ2) is 0.744. The molecule has 2 unspecified atom stereocenters. The number of fused-ring (bicyclic) bond motifs is 1. The van der Waals surface area contributed by atoms with E-state index in [9.17, 15) is 0 Å². The van der Waals surface area contributed by atoms with Crippen molar-refractivity contribution in [1.82, 2.24) is 0 Å². The fourth-order valence-corrected chi connectivity index (χ4v) is 2.58. The molecular formula is C6H2O2S. The summed E-state index contributed by atoms with van der Waals surface area (Å²) in [6, 6.07) is 0. The highest BCUT2D eigenvalue weighted by Crippen LogP contribution is 2.69. The molecule has 5 rings (SSSR count). The van der Waals surface area contributed by atoms with Crippen LogP contribution in [-0.2, 0) is 4.74 Å². The largest absolute Gasteiger partial charge is 0.435 e. The molecule has 3 aromatic heterocycles. The Labute approximate surface area is 54.4 Å². The average Bonchev–Trinajstić information content (AvgIpc) is 2.22. The number of rotatable bonds is 0. The summed E-state index contributed by atoms with van der Waals surface area (Å²) >= 11 is 1.76. The number of hydrogen-bond acceptors (Lipinski definition) is 3. The summed E-state index contributed by atoms with van der Waals surface area (Å²) in [5, 5.41) is 0. The first-order chi connectivity index (χ1) is 4.45. The number of furan rings is 1. The van der Waals surface area contributed by atoms with Gasteiger partial charge in [-0.25, -0.2) is 0 Å². The van der Waals surface area contributed by atoms with E-state index in [1.807, 2.05) is 0 Å². The first kappa shape index (κ1) is 3.58. The smallest absolute Gasteiger partial charge is 0.192 e. The summed E-state index contributed by atoms with van der Waals surface area (Å²) < 4.78 is 10.6. The zero-order valence-electron chi connectivity index (χ0n) is 4.38. The fourth-order valence-electron chi connectivity index (χ4n) is 1.61. The molecule has 0 N–H and O–H groups in total. The minimum absolute atomic E-state index is 0.447. The maximum absolute atomic E-state index is 5.29. The Kier molecular flexibility index (Phi) is 0.296. The maximum Gasteiger partial charge on any atom is 0.192 e. The van der Waals surface area contributed by atoms with Gasteiger partial charge in [0.25, 0.3) is 0 Å². The normalized spacial score (nSPS) is 36.4. The Bertz CT molecular complexity index is 338. The molecular weight excluding hydrogens is 136 g/mol. The van der Waals surface area contributed by atoms with Crippen molar-refractivity contribution in [1.29, 1.82) is 0 Å². The number of epoxide rings is 1. The van der Waals surface area contributed by atoms with Gasteiger partial charge in [-0.1, -0.05) is 11.3 Å². The van der Waals surface area contributed by atoms with E-state index in [2.05, 4.69) is 0 Å². The predicted molar refractivity (Wildman–Crippen MR) is 31.8 cm³/mol. The van der Waals surface area contributed by atoms with Crippen LogP contribution in [0.3, 0.4) is 0 Å². The Morgan fingerprint density at radius 2 is 1.67 bits per heavy atom. The van der Waals surface area contributed by atoms with E-state index in [0.29, 0.717) is 12.2 Å². The Hall–Kier alpha value is -0.540. The van der Waals surface area contributed by atoms with Gasteiger partial charge in [0, 0.05) is 11.1 Å². The monoisotopic (exact) mass is 138 g/mol. The average molecular weight is 138 g/mol. The molecule has 1 aliphatic heterocycles. The summed E-state index contributed by atoms with van der Waals surface area (Å²) in [6.45, 7) is 0. The zero-order chi connectivity index (χ0) is 5.59. The first-order valence-corrected chi connectivity index (χ1v) is 3.77. The molecule has 44 valence electrons. The standard InChI is InChI=1S/C6H2O2S/c7-3-1-2(4(3)7)6-8-5(1)9-6/h3-4H. The van der Waals surface area contributed by atoms with Gasteiger partial charge in [-0.2, -0.15) is 0 Å². The lowest BCUT2D eigenvalue weighted by Crippen LogP contribution is -1.93. The molecule has 1 fully saturated rings. The van der Waals surface area contributed by atoms with Crippen LogP contribution in [0.15, 0.2) is 4.42 Å². The molecule has 0 radical (unpaired) electrons. The molecule has 0 amide bonds. The van der Waals surface area contributed by atoms with Crippen LogP contribution in [0.2, 0.25) is 0 Å². The van der Waals surface area contributed by atoms with Crippen molar-refractivity contribution in [3.05, 3.63) is 11.1 Å². The molecule has 2 bridgehead atoms. The molecule has 4 heterocycles. The Morgan fingerprint density at radius 1 is 1.11 bits per heavy atom. The van der Waals surface area contributed by atoms with E-state index < -0.39 is 0 Å². The lowest BCUT2D eigenvalue weighted by Gasteiger charge is -1.98. The topological polar surface area (TPSA) is 25.7 Å². The van der Waals surface area contributed by atoms with Crippen LogP contribution in [0, 0.1) is 0 Å². The van der Waals surface area contributed by atoms with Gasteiger partial charge in [0.05, 0.1) is 0 Å². The van der Waals surface area contributed by atoms with E-state index in [1.54, 1.807) is 11.3 Å². The predicted octanol–water partition coefficient (Wildman–Crippen LogP) is 2.06. The molecule has 9 heavy (non-hydrogen) atoms. The van der Waals surface area contributed by atoms with Gasteiger partial charge in [0.1, 0.15) is 12.2 Å². The van der Waals surface area contributed by atoms with Crippen molar-refractivity contribution in [3.8, 4) is 0 Å². The van der Waals surface area contributed by atoms with E-state index in [4.69, 9.17) is 9.15 Å². The molecule has 0 aromatic carbocycles. The minimum Gasteiger partial charge on any atom is -0.435 e. The van der Waals surface area contributed by atoms with E-state index >= 15 is 0 Å². The summed E-state index contributed by atoms with van der Waals surface area (Å²) in [5.41, 5.74) is 2.72. The van der Waals surface area contributed by atoms with Gasteiger partial charge in [-0.15, -0.1) is 0 Å². The second-order valence-corrected chi connectivity index (χ2v) is 3.53. The quantitative estimate of drug-likeness (QED) is 0.520. The van der Waals surface area contributed by atoms with E-state index in [-0.39, 0.29) is 0 Å². The molecule has 2 nitrogen and oxygen atoms in total. The SMILES string of the molecule is O1C2c3c(c4oc3s4)C12. The van der Waals surface area contributed by atoms with Crippen molar-refractivity contribution < 1.29 is 9.15 Å². The number of thiophene rings is 1. The molecule has 2 aliphatic rings. The maximum atomic E-state index is 5.29. The minimum atomic E-state index is 0.447. The second-order valence-electron chi connectivity index (χ2n) is 2.58. The highest BCUT2D eigenvalue weighted by molar-refractivity contribution is 7.24. The van der Waals surface area contributed by atoms with Gasteiger partial charge in [0.2, 0.25) is 0 Å². The lowest BCUT2D eigenvalue weighted by atomic mass is 9.94. The fraction of sp³-hybridized carbons (Fsp3) is 0.333. The first-order valence-electron chi connectivity index (χ1n) is 2.95. The Morgan fingerprint density at radius 3 is 2.22 bits per heavy atom. The van der Waals surface area contributed by atoms with Gasteiger partial charge >= 0.3 is 0 Å². The highest BCUT2D eigenvalue weighted by Gasteiger charge is 2.59.